The Kier molecular flexibility index (Phi) is 10.6. The summed E-state index contributed by atoms with van der Waals surface area (Å²) < 4.78 is 23.6. The van der Waals surface area contributed by atoms with Gasteiger partial charge in [0.2, 0.25) is 14.7 Å². The molecule has 6 N–H and O–H groups in total. The van der Waals surface area contributed by atoms with E-state index in [-0.39, 0.29) is 23.4 Å². The van der Waals surface area contributed by atoms with Crippen LogP contribution in [0.1, 0.15) is 78.1 Å². The highest BCUT2D eigenvalue weighted by atomic mass is 31.2. The van der Waals surface area contributed by atoms with Crippen LogP contribution < -0.4 is 11.5 Å². The van der Waals surface area contributed by atoms with E-state index in [1.165, 1.54) is 0 Å². The van der Waals surface area contributed by atoms with Crippen LogP contribution in [0.15, 0.2) is 0 Å². The SMILES string of the molecule is CCCCP(=O)(O)[C@@H]1CC[C@@H](N)C1.CCCCP(=O)(O)[C@H]1CC[C@H](N)C1. The maximum atomic E-state index is 11.8. The second kappa shape index (κ2) is 11.3. The molecule has 0 radical (unpaired) electrons. The second-order valence-corrected chi connectivity index (χ2v) is 13.5. The third kappa shape index (κ3) is 8.12. The molecular weight excluding hydrogens is 370 g/mol. The van der Waals surface area contributed by atoms with Crippen LogP contribution in [0.25, 0.3) is 0 Å². The fourth-order valence-electron chi connectivity index (χ4n) is 3.85. The van der Waals surface area contributed by atoms with Crippen molar-refractivity contribution < 1.29 is 18.9 Å². The van der Waals surface area contributed by atoms with Crippen LogP contribution in [0.4, 0.5) is 0 Å². The predicted octanol–water partition coefficient (Wildman–Crippen LogP) is 3.87. The summed E-state index contributed by atoms with van der Waals surface area (Å²) in [5, 5.41) is 0. The monoisotopic (exact) mass is 410 g/mol. The Hall–Kier alpha value is 0.300. The molecule has 0 aromatic carbocycles. The van der Waals surface area contributed by atoms with Gasteiger partial charge < -0.3 is 21.3 Å². The van der Waals surface area contributed by atoms with Crippen LogP contribution in [-0.4, -0.2) is 45.5 Å². The summed E-state index contributed by atoms with van der Waals surface area (Å²) in [5.74, 6) is 0. The van der Waals surface area contributed by atoms with Crippen LogP contribution in [0.3, 0.4) is 0 Å². The fourth-order valence-corrected chi connectivity index (χ4v) is 8.43. The molecule has 0 heterocycles. The van der Waals surface area contributed by atoms with Gasteiger partial charge in [0.05, 0.1) is 0 Å². The summed E-state index contributed by atoms with van der Waals surface area (Å²) in [6.45, 7) is 4.08. The van der Waals surface area contributed by atoms with Gasteiger partial charge in [0.15, 0.2) is 0 Å². The van der Waals surface area contributed by atoms with Crippen molar-refractivity contribution in [1.82, 2.24) is 0 Å². The Balaban J connectivity index is 0.000000260. The zero-order chi connectivity index (χ0) is 19.8. The first kappa shape index (κ1) is 24.3. The molecule has 6 atom stereocenters. The van der Waals surface area contributed by atoms with Gasteiger partial charge in [-0.15, -0.1) is 0 Å². The second-order valence-electron chi connectivity index (χ2n) is 8.12. The number of rotatable bonds is 8. The lowest BCUT2D eigenvalue weighted by Crippen LogP contribution is -2.16. The highest BCUT2D eigenvalue weighted by molar-refractivity contribution is 7.59. The quantitative estimate of drug-likeness (QED) is 0.450. The summed E-state index contributed by atoms with van der Waals surface area (Å²) in [4.78, 5) is 19.5. The van der Waals surface area contributed by atoms with Gasteiger partial charge in [-0.25, -0.2) is 0 Å². The number of unbranched alkanes of at least 4 members (excludes halogenated alkanes) is 2. The van der Waals surface area contributed by atoms with Crippen molar-refractivity contribution in [1.29, 1.82) is 0 Å². The lowest BCUT2D eigenvalue weighted by Gasteiger charge is -2.17. The molecule has 2 fully saturated rings. The van der Waals surface area contributed by atoms with E-state index < -0.39 is 14.7 Å². The third-order valence-corrected chi connectivity index (χ3v) is 10.8. The van der Waals surface area contributed by atoms with Crippen LogP contribution in [0.5, 0.6) is 0 Å². The van der Waals surface area contributed by atoms with E-state index in [0.29, 0.717) is 12.3 Å². The van der Waals surface area contributed by atoms with Crippen molar-refractivity contribution >= 4 is 14.7 Å². The maximum Gasteiger partial charge on any atom is 0.203 e. The van der Waals surface area contributed by atoms with Crippen molar-refractivity contribution in [3.8, 4) is 0 Å². The molecule has 2 unspecified atom stereocenters. The molecule has 2 saturated carbocycles. The van der Waals surface area contributed by atoms with Gasteiger partial charge in [-0.1, -0.05) is 26.7 Å². The minimum absolute atomic E-state index is 0.00551. The summed E-state index contributed by atoms with van der Waals surface area (Å²) in [7, 11) is -5.75. The van der Waals surface area contributed by atoms with Gasteiger partial charge in [0.1, 0.15) is 0 Å². The average Bonchev–Trinajstić information content (AvgIpc) is 3.21. The van der Waals surface area contributed by atoms with Crippen molar-refractivity contribution in [2.45, 2.75) is 101 Å². The molecule has 0 aromatic heterocycles. The lowest BCUT2D eigenvalue weighted by molar-refractivity contribution is 0.457. The van der Waals surface area contributed by atoms with Gasteiger partial charge >= 0.3 is 0 Å². The Bertz CT molecular complexity index is 460. The molecule has 2 aliphatic carbocycles. The van der Waals surface area contributed by atoms with Gasteiger partial charge in [0.25, 0.3) is 0 Å². The first-order valence-electron chi connectivity index (χ1n) is 10.3. The minimum atomic E-state index is -2.87. The standard InChI is InChI=1S/2C9H20NO2P/c2*1-2-3-6-13(11,12)9-5-4-8(10)7-9/h2*8-9H,2-7,10H2,1H3,(H,11,12)/t2*8-,9-/m10/s1. The zero-order valence-electron chi connectivity index (χ0n) is 16.6. The normalized spacial score (nSPS) is 33.2. The van der Waals surface area contributed by atoms with E-state index in [0.717, 1.165) is 64.2 Å². The molecule has 0 saturated heterocycles. The van der Waals surface area contributed by atoms with Crippen molar-refractivity contribution in [2.24, 2.45) is 11.5 Å². The predicted molar refractivity (Wildman–Crippen MR) is 110 cm³/mol. The fraction of sp³-hybridized carbons (Fsp3) is 1.00. The van der Waals surface area contributed by atoms with E-state index >= 15 is 0 Å². The topological polar surface area (TPSA) is 127 Å². The molecule has 26 heavy (non-hydrogen) atoms. The highest BCUT2D eigenvalue weighted by Crippen LogP contribution is 2.53. The zero-order valence-corrected chi connectivity index (χ0v) is 18.3. The summed E-state index contributed by atoms with van der Waals surface area (Å²) >= 11 is 0. The van der Waals surface area contributed by atoms with E-state index in [1.54, 1.807) is 0 Å². The Morgan fingerprint density at radius 1 is 0.769 bits per heavy atom. The first-order chi connectivity index (χ1) is 12.1. The average molecular weight is 410 g/mol. The van der Waals surface area contributed by atoms with Gasteiger partial charge in [-0.2, -0.15) is 0 Å². The maximum absolute atomic E-state index is 11.8. The summed E-state index contributed by atoms with van der Waals surface area (Å²) in [6, 6.07) is 0.319. The highest BCUT2D eigenvalue weighted by Gasteiger charge is 2.36. The van der Waals surface area contributed by atoms with Crippen molar-refractivity contribution in [3.05, 3.63) is 0 Å². The van der Waals surface area contributed by atoms with Crippen LogP contribution >= 0.6 is 14.7 Å². The molecule has 0 spiro atoms. The Morgan fingerprint density at radius 2 is 1.12 bits per heavy atom. The minimum Gasteiger partial charge on any atom is -0.344 e. The van der Waals surface area contributed by atoms with Crippen molar-refractivity contribution in [3.63, 3.8) is 0 Å². The molecule has 0 amide bonds. The number of hydrogen-bond donors (Lipinski definition) is 4. The van der Waals surface area contributed by atoms with Crippen LogP contribution in [0, 0.1) is 0 Å². The third-order valence-electron chi connectivity index (χ3n) is 5.70. The molecule has 8 heteroatoms. The summed E-state index contributed by atoms with van der Waals surface area (Å²) in [6.07, 6.45) is 9.70. The van der Waals surface area contributed by atoms with E-state index in [2.05, 4.69) is 0 Å². The molecular formula is C18H40N2O4P2. The molecule has 2 aliphatic rings. The molecule has 0 bridgehead atoms. The van der Waals surface area contributed by atoms with Gasteiger partial charge in [0, 0.05) is 35.7 Å². The molecule has 156 valence electrons. The molecule has 0 aliphatic heterocycles. The van der Waals surface area contributed by atoms with E-state index in [4.69, 9.17) is 11.5 Å². The van der Waals surface area contributed by atoms with Gasteiger partial charge in [-0.05, 0) is 51.4 Å². The molecule has 0 aromatic rings. The smallest absolute Gasteiger partial charge is 0.203 e. The Labute approximate surface area is 159 Å². The first-order valence-corrected chi connectivity index (χ1v) is 14.1. The lowest BCUT2D eigenvalue weighted by atomic mass is 10.3. The van der Waals surface area contributed by atoms with Crippen LogP contribution in [-0.2, 0) is 9.13 Å². The molecule has 2 rings (SSSR count). The number of hydrogen-bond acceptors (Lipinski definition) is 4. The van der Waals surface area contributed by atoms with Gasteiger partial charge in [-0.3, -0.25) is 9.13 Å². The van der Waals surface area contributed by atoms with E-state index in [9.17, 15) is 18.9 Å². The van der Waals surface area contributed by atoms with Crippen LogP contribution in [0.2, 0.25) is 0 Å². The van der Waals surface area contributed by atoms with E-state index in [1.807, 2.05) is 13.8 Å². The number of nitrogens with two attached hydrogens (primary N) is 2. The largest absolute Gasteiger partial charge is 0.344 e. The van der Waals surface area contributed by atoms with Crippen molar-refractivity contribution in [2.75, 3.05) is 12.3 Å². The summed E-state index contributed by atoms with van der Waals surface area (Å²) in [5.41, 5.74) is 11.4. The molecule has 6 nitrogen and oxygen atoms in total. The Morgan fingerprint density at radius 3 is 1.35 bits per heavy atom.